The van der Waals surface area contributed by atoms with Crippen LogP contribution < -0.4 is 10.1 Å². The van der Waals surface area contributed by atoms with E-state index in [1.54, 1.807) is 10.4 Å². The maximum Gasteiger partial charge on any atom is 0.247 e. The number of halogens is 1. The summed E-state index contributed by atoms with van der Waals surface area (Å²) in [5.74, 6) is 0.456. The van der Waals surface area contributed by atoms with Crippen molar-refractivity contribution in [2.24, 2.45) is 0 Å². The predicted molar refractivity (Wildman–Crippen MR) is 95.2 cm³/mol. The first kappa shape index (κ1) is 20.2. The highest BCUT2D eigenvalue weighted by Gasteiger charge is 2.34. The summed E-state index contributed by atoms with van der Waals surface area (Å²) in [6.45, 7) is 7.91. The Labute approximate surface area is 145 Å². The van der Waals surface area contributed by atoms with Crippen molar-refractivity contribution in [3.8, 4) is 5.75 Å². The van der Waals surface area contributed by atoms with Crippen LogP contribution in [0.25, 0.3) is 0 Å². The van der Waals surface area contributed by atoms with Crippen molar-refractivity contribution in [3.05, 3.63) is 23.3 Å². The van der Waals surface area contributed by atoms with Crippen molar-refractivity contribution in [2.45, 2.75) is 44.6 Å². The molecule has 1 aliphatic rings. The molecule has 1 aromatic carbocycles. The summed E-state index contributed by atoms with van der Waals surface area (Å²) in [5.41, 5.74) is 1.78. The number of ether oxygens (including phenoxy) is 1. The number of hydrogen-bond donors (Lipinski definition) is 1. The average molecular weight is 363 g/mol. The molecule has 0 spiro atoms. The Morgan fingerprint density at radius 1 is 1.35 bits per heavy atom. The molecule has 0 saturated carbocycles. The molecule has 1 N–H and O–H groups in total. The van der Waals surface area contributed by atoms with Crippen LogP contribution in [0.4, 0.5) is 0 Å². The second kappa shape index (κ2) is 8.33. The van der Waals surface area contributed by atoms with Gasteiger partial charge in [0, 0.05) is 19.1 Å². The van der Waals surface area contributed by atoms with Gasteiger partial charge in [0.1, 0.15) is 10.6 Å². The molecule has 0 amide bonds. The summed E-state index contributed by atoms with van der Waals surface area (Å²) in [7, 11) is -2.04. The Balaban J connectivity index is 0.00000264. The van der Waals surface area contributed by atoms with E-state index in [1.807, 2.05) is 26.8 Å². The molecule has 0 bridgehead atoms. The van der Waals surface area contributed by atoms with Crippen LogP contribution in [0, 0.1) is 13.8 Å². The van der Waals surface area contributed by atoms with Gasteiger partial charge in [-0.3, -0.25) is 0 Å². The molecule has 2 rings (SSSR count). The van der Waals surface area contributed by atoms with Gasteiger partial charge in [-0.05, 0) is 50.4 Å². The van der Waals surface area contributed by atoms with Crippen molar-refractivity contribution in [1.82, 2.24) is 9.62 Å². The molecule has 5 nitrogen and oxygen atoms in total. The molecule has 0 aliphatic carbocycles. The van der Waals surface area contributed by atoms with Gasteiger partial charge in [-0.15, -0.1) is 12.4 Å². The zero-order valence-electron chi connectivity index (χ0n) is 14.3. The predicted octanol–water partition coefficient (Wildman–Crippen LogP) is 2.50. The molecule has 1 aromatic rings. The van der Waals surface area contributed by atoms with Crippen LogP contribution in [0.1, 0.15) is 30.9 Å². The van der Waals surface area contributed by atoms with Crippen LogP contribution in [-0.2, 0) is 10.0 Å². The maximum atomic E-state index is 13.2. The largest absolute Gasteiger partial charge is 0.495 e. The number of rotatable bonds is 6. The molecule has 1 atom stereocenters. The van der Waals surface area contributed by atoms with Gasteiger partial charge in [-0.25, -0.2) is 8.42 Å². The third-order valence-electron chi connectivity index (χ3n) is 4.06. The Hall–Kier alpha value is -0.820. The Morgan fingerprint density at radius 3 is 2.57 bits per heavy atom. The average Bonchev–Trinajstić information content (AvgIpc) is 2.97. The van der Waals surface area contributed by atoms with Crippen molar-refractivity contribution >= 4 is 22.4 Å². The first-order valence-electron chi connectivity index (χ1n) is 7.79. The fourth-order valence-electron chi connectivity index (χ4n) is 3.10. The summed E-state index contributed by atoms with van der Waals surface area (Å²) < 4.78 is 33.5. The highest BCUT2D eigenvalue weighted by Crippen LogP contribution is 2.32. The topological polar surface area (TPSA) is 58.6 Å². The van der Waals surface area contributed by atoms with Crippen molar-refractivity contribution < 1.29 is 13.2 Å². The fourth-order valence-corrected chi connectivity index (χ4v) is 5.16. The Morgan fingerprint density at radius 2 is 2.04 bits per heavy atom. The molecule has 0 aromatic heterocycles. The molecule has 7 heteroatoms. The normalized spacial score (nSPS) is 18.0. The maximum absolute atomic E-state index is 13.2. The smallest absolute Gasteiger partial charge is 0.247 e. The minimum absolute atomic E-state index is 0. The van der Waals surface area contributed by atoms with Crippen LogP contribution in [0.15, 0.2) is 17.0 Å². The zero-order chi connectivity index (χ0) is 16.3. The highest BCUT2D eigenvalue weighted by molar-refractivity contribution is 7.89. The van der Waals surface area contributed by atoms with Gasteiger partial charge >= 0.3 is 0 Å². The van der Waals surface area contributed by atoms with Gasteiger partial charge < -0.3 is 10.1 Å². The summed E-state index contributed by atoms with van der Waals surface area (Å²) in [6, 6.07) is 3.68. The second-order valence-electron chi connectivity index (χ2n) is 5.88. The number of nitrogens with zero attached hydrogens (tertiary/aromatic N) is 1. The quantitative estimate of drug-likeness (QED) is 0.844. The first-order valence-corrected chi connectivity index (χ1v) is 9.23. The molecule has 1 heterocycles. The first-order chi connectivity index (χ1) is 10.4. The lowest BCUT2D eigenvalue weighted by molar-refractivity contribution is 0.331. The van der Waals surface area contributed by atoms with Gasteiger partial charge in [-0.2, -0.15) is 4.31 Å². The summed E-state index contributed by atoms with van der Waals surface area (Å²) in [4.78, 5) is 0.285. The molecule has 1 fully saturated rings. The molecular weight excluding hydrogens is 336 g/mol. The Kier molecular flexibility index (Phi) is 7.32. The van der Waals surface area contributed by atoms with E-state index in [0.29, 0.717) is 18.8 Å². The summed E-state index contributed by atoms with van der Waals surface area (Å²) >= 11 is 0. The van der Waals surface area contributed by atoms with Gasteiger partial charge in [0.2, 0.25) is 10.0 Å². The standard InChI is InChI=1S/C16H26N2O3S.ClH/c1-5-8-18(14-6-7-17-11-14)22(19,20)15-10-12(2)9-13(3)16(15)21-4;/h9-10,14,17H,5-8,11H2,1-4H3;1H. The summed E-state index contributed by atoms with van der Waals surface area (Å²) in [6.07, 6.45) is 1.65. The van der Waals surface area contributed by atoms with Crippen LogP contribution in [0.2, 0.25) is 0 Å². The van der Waals surface area contributed by atoms with Crippen molar-refractivity contribution in [3.63, 3.8) is 0 Å². The van der Waals surface area contributed by atoms with Gasteiger partial charge in [0.05, 0.1) is 7.11 Å². The fraction of sp³-hybridized carbons (Fsp3) is 0.625. The van der Waals surface area contributed by atoms with E-state index in [-0.39, 0.29) is 23.3 Å². The van der Waals surface area contributed by atoms with E-state index < -0.39 is 10.0 Å². The lowest BCUT2D eigenvalue weighted by Gasteiger charge is -2.28. The van der Waals surface area contributed by atoms with Crippen molar-refractivity contribution in [1.29, 1.82) is 0 Å². The lowest BCUT2D eigenvalue weighted by Crippen LogP contribution is -2.42. The van der Waals surface area contributed by atoms with Crippen LogP contribution in [-0.4, -0.2) is 45.5 Å². The number of hydrogen-bond acceptors (Lipinski definition) is 4. The van der Waals surface area contributed by atoms with E-state index in [9.17, 15) is 8.42 Å². The molecule has 1 unspecified atom stereocenters. The molecule has 0 radical (unpaired) electrons. The molecular formula is C16H27ClN2O3S. The van der Waals surface area contributed by atoms with E-state index in [4.69, 9.17) is 4.74 Å². The van der Waals surface area contributed by atoms with Crippen molar-refractivity contribution in [2.75, 3.05) is 26.7 Å². The number of methoxy groups -OCH3 is 1. The van der Waals surface area contributed by atoms with E-state index in [0.717, 1.165) is 30.5 Å². The minimum Gasteiger partial charge on any atom is -0.495 e. The van der Waals surface area contributed by atoms with Gasteiger partial charge in [-0.1, -0.05) is 13.0 Å². The number of sulfonamides is 1. The van der Waals surface area contributed by atoms with E-state index in [1.165, 1.54) is 7.11 Å². The third-order valence-corrected chi connectivity index (χ3v) is 6.02. The summed E-state index contributed by atoms with van der Waals surface area (Å²) in [5, 5.41) is 3.25. The van der Waals surface area contributed by atoms with Gasteiger partial charge in [0.25, 0.3) is 0 Å². The van der Waals surface area contributed by atoms with Crippen LogP contribution >= 0.6 is 12.4 Å². The van der Waals surface area contributed by atoms with Gasteiger partial charge in [0.15, 0.2) is 0 Å². The molecule has 1 saturated heterocycles. The van der Waals surface area contributed by atoms with E-state index >= 15 is 0 Å². The van der Waals surface area contributed by atoms with Crippen LogP contribution in [0.3, 0.4) is 0 Å². The molecule has 1 aliphatic heterocycles. The van der Waals surface area contributed by atoms with Crippen LogP contribution in [0.5, 0.6) is 5.75 Å². The highest BCUT2D eigenvalue weighted by atomic mass is 35.5. The zero-order valence-corrected chi connectivity index (χ0v) is 15.9. The minimum atomic E-state index is -3.57. The second-order valence-corrected chi connectivity index (χ2v) is 7.73. The third kappa shape index (κ3) is 4.18. The molecule has 132 valence electrons. The SMILES string of the molecule is CCCN(C1CCNC1)S(=O)(=O)c1cc(C)cc(C)c1OC.Cl. The number of benzene rings is 1. The molecule has 23 heavy (non-hydrogen) atoms. The number of nitrogens with one attached hydrogen (secondary N) is 1. The number of aryl methyl sites for hydroxylation is 2. The van der Waals surface area contributed by atoms with E-state index in [2.05, 4.69) is 5.32 Å². The Bertz CT molecular complexity index is 628. The monoisotopic (exact) mass is 362 g/mol. The lowest BCUT2D eigenvalue weighted by atomic mass is 10.1.